The Balaban J connectivity index is 2.40. The average molecular weight is 214 g/mol. The van der Waals surface area contributed by atoms with Crippen LogP contribution < -0.4 is 5.73 Å². The molecule has 0 aromatic heterocycles. The quantitative estimate of drug-likeness (QED) is 0.755. The zero-order valence-electron chi connectivity index (χ0n) is 10.4. The largest absolute Gasteiger partial charge is 0.383 e. The molecule has 1 aliphatic rings. The van der Waals surface area contributed by atoms with Crippen molar-refractivity contribution in [2.45, 2.75) is 57.2 Å². The Labute approximate surface area is 94.0 Å². The molecule has 15 heavy (non-hydrogen) atoms. The van der Waals surface area contributed by atoms with E-state index in [1.807, 2.05) is 0 Å². The highest BCUT2D eigenvalue weighted by molar-refractivity contribution is 4.82. The normalized spacial score (nSPS) is 29.4. The maximum Gasteiger partial charge on any atom is 0.0617 e. The van der Waals surface area contributed by atoms with Crippen LogP contribution in [0.15, 0.2) is 0 Å². The number of ether oxygens (including phenoxy) is 1. The Morgan fingerprint density at radius 3 is 2.40 bits per heavy atom. The van der Waals surface area contributed by atoms with Gasteiger partial charge in [-0.25, -0.2) is 0 Å². The SMILES string of the molecule is CCC(COC)N(C)C1CCC(N)CC1. The predicted octanol–water partition coefficient (Wildman–Crippen LogP) is 1.61. The summed E-state index contributed by atoms with van der Waals surface area (Å²) in [5, 5.41) is 0. The number of nitrogens with zero attached hydrogens (tertiary/aromatic N) is 1. The van der Waals surface area contributed by atoms with Gasteiger partial charge in [0.25, 0.3) is 0 Å². The Morgan fingerprint density at radius 1 is 1.33 bits per heavy atom. The maximum atomic E-state index is 5.92. The second-order valence-electron chi connectivity index (χ2n) is 4.75. The molecule has 0 aromatic carbocycles. The van der Waals surface area contributed by atoms with E-state index in [4.69, 9.17) is 10.5 Å². The summed E-state index contributed by atoms with van der Waals surface area (Å²) in [7, 11) is 4.02. The summed E-state index contributed by atoms with van der Waals surface area (Å²) in [6.07, 6.45) is 6.01. The van der Waals surface area contributed by atoms with Crippen molar-refractivity contribution in [2.75, 3.05) is 20.8 Å². The number of rotatable bonds is 5. The van der Waals surface area contributed by atoms with E-state index < -0.39 is 0 Å². The van der Waals surface area contributed by atoms with E-state index in [0.717, 1.165) is 13.0 Å². The highest BCUT2D eigenvalue weighted by atomic mass is 16.5. The van der Waals surface area contributed by atoms with Crippen molar-refractivity contribution in [1.82, 2.24) is 4.90 Å². The van der Waals surface area contributed by atoms with Gasteiger partial charge >= 0.3 is 0 Å². The first-order valence-electron chi connectivity index (χ1n) is 6.15. The van der Waals surface area contributed by atoms with E-state index in [-0.39, 0.29) is 0 Å². The number of nitrogens with two attached hydrogens (primary N) is 1. The van der Waals surface area contributed by atoms with Crippen LogP contribution in [-0.2, 0) is 4.74 Å². The molecular weight excluding hydrogens is 188 g/mol. The second-order valence-corrected chi connectivity index (χ2v) is 4.75. The molecule has 1 aliphatic carbocycles. The molecule has 0 heterocycles. The molecule has 0 spiro atoms. The van der Waals surface area contributed by atoms with Crippen molar-refractivity contribution < 1.29 is 4.74 Å². The Bertz CT molecular complexity index is 167. The van der Waals surface area contributed by atoms with Crippen LogP contribution in [0.1, 0.15) is 39.0 Å². The summed E-state index contributed by atoms with van der Waals surface area (Å²) in [5.74, 6) is 0. The van der Waals surface area contributed by atoms with Gasteiger partial charge in [-0.3, -0.25) is 4.90 Å². The third-order valence-electron chi connectivity index (χ3n) is 3.72. The second kappa shape index (κ2) is 6.46. The van der Waals surface area contributed by atoms with Crippen LogP contribution in [0.3, 0.4) is 0 Å². The fourth-order valence-electron chi connectivity index (χ4n) is 2.52. The predicted molar refractivity (Wildman–Crippen MR) is 63.9 cm³/mol. The highest BCUT2D eigenvalue weighted by Crippen LogP contribution is 2.23. The minimum Gasteiger partial charge on any atom is -0.383 e. The zero-order valence-corrected chi connectivity index (χ0v) is 10.4. The summed E-state index contributed by atoms with van der Waals surface area (Å²) in [5.41, 5.74) is 5.92. The third-order valence-corrected chi connectivity index (χ3v) is 3.72. The molecule has 0 aliphatic heterocycles. The Hall–Kier alpha value is -0.120. The van der Waals surface area contributed by atoms with Crippen LogP contribution in [0.2, 0.25) is 0 Å². The lowest BCUT2D eigenvalue weighted by molar-refractivity contribution is 0.0627. The van der Waals surface area contributed by atoms with Crippen LogP contribution in [0.5, 0.6) is 0 Å². The van der Waals surface area contributed by atoms with E-state index in [1.54, 1.807) is 7.11 Å². The molecule has 0 saturated heterocycles. The number of likely N-dealkylation sites (N-methyl/N-ethyl adjacent to an activating group) is 1. The molecule has 1 fully saturated rings. The van der Waals surface area contributed by atoms with E-state index in [0.29, 0.717) is 18.1 Å². The van der Waals surface area contributed by atoms with Crippen LogP contribution in [0, 0.1) is 0 Å². The highest BCUT2D eigenvalue weighted by Gasteiger charge is 2.25. The van der Waals surface area contributed by atoms with E-state index in [9.17, 15) is 0 Å². The molecule has 3 nitrogen and oxygen atoms in total. The van der Waals surface area contributed by atoms with Gasteiger partial charge in [0, 0.05) is 25.2 Å². The standard InChI is InChI=1S/C12H26N2O/c1-4-11(9-15-3)14(2)12-7-5-10(13)6-8-12/h10-12H,4-9,13H2,1-3H3. The van der Waals surface area contributed by atoms with Gasteiger partial charge in [0.1, 0.15) is 0 Å². The molecule has 0 bridgehead atoms. The summed E-state index contributed by atoms with van der Waals surface area (Å²) in [6, 6.07) is 1.72. The minimum atomic E-state index is 0.442. The lowest BCUT2D eigenvalue weighted by atomic mass is 9.90. The molecule has 1 saturated carbocycles. The van der Waals surface area contributed by atoms with Gasteiger partial charge in [-0.15, -0.1) is 0 Å². The first kappa shape index (κ1) is 12.9. The van der Waals surface area contributed by atoms with Gasteiger partial charge in [-0.1, -0.05) is 6.92 Å². The first-order valence-corrected chi connectivity index (χ1v) is 6.15. The van der Waals surface area contributed by atoms with Gasteiger partial charge in [0.2, 0.25) is 0 Å². The smallest absolute Gasteiger partial charge is 0.0617 e. The van der Waals surface area contributed by atoms with Gasteiger partial charge in [-0.2, -0.15) is 0 Å². The molecule has 1 rings (SSSR count). The van der Waals surface area contributed by atoms with Crippen molar-refractivity contribution in [3.8, 4) is 0 Å². The third kappa shape index (κ3) is 3.74. The Morgan fingerprint density at radius 2 is 1.93 bits per heavy atom. The van der Waals surface area contributed by atoms with Crippen molar-refractivity contribution in [2.24, 2.45) is 5.73 Å². The molecule has 3 heteroatoms. The van der Waals surface area contributed by atoms with E-state index in [2.05, 4.69) is 18.9 Å². The molecular formula is C12H26N2O. The summed E-state index contributed by atoms with van der Waals surface area (Å²) in [6.45, 7) is 3.07. The molecule has 2 N–H and O–H groups in total. The molecule has 0 amide bonds. The number of hydrogen-bond donors (Lipinski definition) is 1. The molecule has 1 atom stereocenters. The van der Waals surface area contributed by atoms with Gasteiger partial charge in [-0.05, 0) is 39.2 Å². The number of hydrogen-bond acceptors (Lipinski definition) is 3. The Kier molecular flexibility index (Phi) is 5.58. The molecule has 1 unspecified atom stereocenters. The lowest BCUT2D eigenvalue weighted by Crippen LogP contribution is -2.45. The van der Waals surface area contributed by atoms with Crippen molar-refractivity contribution in [3.05, 3.63) is 0 Å². The van der Waals surface area contributed by atoms with Crippen molar-refractivity contribution in [3.63, 3.8) is 0 Å². The number of methoxy groups -OCH3 is 1. The minimum absolute atomic E-state index is 0.442. The van der Waals surface area contributed by atoms with Crippen LogP contribution in [-0.4, -0.2) is 43.8 Å². The van der Waals surface area contributed by atoms with Crippen LogP contribution in [0.4, 0.5) is 0 Å². The molecule has 0 aromatic rings. The monoisotopic (exact) mass is 214 g/mol. The van der Waals surface area contributed by atoms with E-state index >= 15 is 0 Å². The lowest BCUT2D eigenvalue weighted by Gasteiger charge is -2.38. The molecule has 90 valence electrons. The maximum absolute atomic E-state index is 5.92. The van der Waals surface area contributed by atoms with Crippen molar-refractivity contribution in [1.29, 1.82) is 0 Å². The summed E-state index contributed by atoms with van der Waals surface area (Å²) >= 11 is 0. The van der Waals surface area contributed by atoms with Crippen LogP contribution >= 0.6 is 0 Å². The topological polar surface area (TPSA) is 38.5 Å². The first-order chi connectivity index (χ1) is 7.19. The van der Waals surface area contributed by atoms with Gasteiger partial charge in [0.15, 0.2) is 0 Å². The zero-order chi connectivity index (χ0) is 11.3. The summed E-state index contributed by atoms with van der Waals surface area (Å²) < 4.78 is 5.26. The van der Waals surface area contributed by atoms with Gasteiger partial charge in [0.05, 0.1) is 6.61 Å². The van der Waals surface area contributed by atoms with E-state index in [1.165, 1.54) is 25.7 Å². The van der Waals surface area contributed by atoms with Crippen LogP contribution in [0.25, 0.3) is 0 Å². The summed E-state index contributed by atoms with van der Waals surface area (Å²) in [4.78, 5) is 2.50. The van der Waals surface area contributed by atoms with Crippen molar-refractivity contribution >= 4 is 0 Å². The fraction of sp³-hybridized carbons (Fsp3) is 1.00. The fourth-order valence-corrected chi connectivity index (χ4v) is 2.52. The molecule has 0 radical (unpaired) electrons. The average Bonchev–Trinajstić information content (AvgIpc) is 2.26. The van der Waals surface area contributed by atoms with Gasteiger partial charge < -0.3 is 10.5 Å².